The van der Waals surface area contributed by atoms with Gasteiger partial charge in [-0.2, -0.15) is 0 Å². The van der Waals surface area contributed by atoms with Gasteiger partial charge < -0.3 is 4.90 Å². The molecule has 1 nitrogen and oxygen atoms in total. The third-order valence-electron chi connectivity index (χ3n) is 14.7. The molecule has 0 saturated carbocycles. The van der Waals surface area contributed by atoms with Gasteiger partial charge in [0, 0.05) is 16.9 Å². The van der Waals surface area contributed by atoms with Crippen molar-refractivity contribution in [3.05, 3.63) is 309 Å². The molecule has 0 N–H and O–H groups in total. The molecule has 13 aromatic carbocycles. The number of benzene rings is 13. The van der Waals surface area contributed by atoms with Crippen molar-refractivity contribution in [2.75, 3.05) is 4.90 Å². The number of anilines is 3. The Morgan fingerprint density at radius 3 is 1.04 bits per heavy atom. The molecule has 75 heavy (non-hydrogen) atoms. The largest absolute Gasteiger partial charge is 0.310 e. The van der Waals surface area contributed by atoms with Gasteiger partial charge in [0.05, 0.1) is 5.69 Å². The monoisotopic (exact) mass is 953 g/mol. The van der Waals surface area contributed by atoms with E-state index < -0.39 is 0 Å². The Morgan fingerprint density at radius 1 is 0.173 bits per heavy atom. The molecule has 0 heterocycles. The lowest BCUT2D eigenvalue weighted by Gasteiger charge is -2.29. The topological polar surface area (TPSA) is 3.24 Å². The number of hydrogen-bond donors (Lipinski definition) is 0. The molecule has 1 heteroatoms. The standard InChI is InChI=1S/C74H51N/c1-7-22-52(23-8-1)61-43-49-71(69(50-61)55-26-11-3-12-27-55)75(63-46-40-56(41-47-63)65-37-21-36-64(54-24-9-2-10-25-54)72(65)57-28-13-4-14-29-57)62-44-38-53(39-45-62)60-42-48-68-70(51-60)66-34-19-20-35-67(66)73(58-30-15-5-16-31-58)74(68)59-32-17-6-18-33-59/h1-51H. The Morgan fingerprint density at radius 2 is 0.520 bits per heavy atom. The molecule has 0 aliphatic rings. The van der Waals surface area contributed by atoms with Gasteiger partial charge in [-0.1, -0.05) is 267 Å². The van der Waals surface area contributed by atoms with Crippen LogP contribution >= 0.6 is 0 Å². The highest BCUT2D eigenvalue weighted by Crippen LogP contribution is 2.48. The minimum Gasteiger partial charge on any atom is -0.310 e. The molecular formula is C74H51N. The van der Waals surface area contributed by atoms with Gasteiger partial charge in [0.25, 0.3) is 0 Å². The molecule has 13 rings (SSSR count). The number of rotatable bonds is 11. The van der Waals surface area contributed by atoms with E-state index in [-0.39, 0.29) is 0 Å². The summed E-state index contributed by atoms with van der Waals surface area (Å²) in [7, 11) is 0. The second-order valence-electron chi connectivity index (χ2n) is 19.1. The molecule has 352 valence electrons. The highest BCUT2D eigenvalue weighted by Gasteiger charge is 2.22. The molecule has 0 amide bonds. The van der Waals surface area contributed by atoms with Crippen LogP contribution < -0.4 is 4.90 Å². The van der Waals surface area contributed by atoms with Crippen LogP contribution in [0.5, 0.6) is 0 Å². The highest BCUT2D eigenvalue weighted by atomic mass is 15.1. The van der Waals surface area contributed by atoms with Gasteiger partial charge in [-0.15, -0.1) is 0 Å². The lowest BCUT2D eigenvalue weighted by molar-refractivity contribution is 1.28. The van der Waals surface area contributed by atoms with E-state index in [1.165, 1.54) is 88.3 Å². The van der Waals surface area contributed by atoms with E-state index in [9.17, 15) is 0 Å². The molecule has 0 radical (unpaired) electrons. The predicted octanol–water partition coefficient (Wildman–Crippen LogP) is 20.8. The molecule has 0 unspecified atom stereocenters. The van der Waals surface area contributed by atoms with E-state index in [2.05, 4.69) is 314 Å². The van der Waals surface area contributed by atoms with Crippen LogP contribution in [0.25, 0.3) is 111 Å². The van der Waals surface area contributed by atoms with Gasteiger partial charge in [-0.3, -0.25) is 0 Å². The average molecular weight is 954 g/mol. The maximum atomic E-state index is 2.42. The van der Waals surface area contributed by atoms with Crippen LogP contribution in [0.4, 0.5) is 17.1 Å². The Kier molecular flexibility index (Phi) is 12.0. The fourth-order valence-corrected chi connectivity index (χ4v) is 11.2. The molecule has 13 aromatic rings. The molecule has 0 spiro atoms. The van der Waals surface area contributed by atoms with Crippen LogP contribution in [0.2, 0.25) is 0 Å². The van der Waals surface area contributed by atoms with Crippen LogP contribution in [0.1, 0.15) is 0 Å². The van der Waals surface area contributed by atoms with Gasteiger partial charge >= 0.3 is 0 Å². The minimum atomic E-state index is 1.07. The summed E-state index contributed by atoms with van der Waals surface area (Å²) in [5.74, 6) is 0. The van der Waals surface area contributed by atoms with Gasteiger partial charge in [-0.25, -0.2) is 0 Å². The predicted molar refractivity (Wildman–Crippen MR) is 320 cm³/mol. The lowest BCUT2D eigenvalue weighted by atomic mass is 9.84. The normalized spacial score (nSPS) is 11.2. The summed E-state index contributed by atoms with van der Waals surface area (Å²) in [4.78, 5) is 2.42. The van der Waals surface area contributed by atoms with Crippen molar-refractivity contribution < 1.29 is 0 Å². The van der Waals surface area contributed by atoms with Crippen LogP contribution in [0.3, 0.4) is 0 Å². The summed E-state index contributed by atoms with van der Waals surface area (Å²) in [5, 5.41) is 4.97. The van der Waals surface area contributed by atoms with Crippen LogP contribution in [0.15, 0.2) is 309 Å². The number of hydrogen-bond acceptors (Lipinski definition) is 1. The Bertz CT molecular complexity index is 4100. The Labute approximate surface area is 439 Å². The summed E-state index contributed by atoms with van der Waals surface area (Å²) in [6.45, 7) is 0. The van der Waals surface area contributed by atoms with Gasteiger partial charge in [-0.05, 0) is 147 Å². The van der Waals surface area contributed by atoms with Crippen molar-refractivity contribution in [3.8, 4) is 89.0 Å². The zero-order valence-electron chi connectivity index (χ0n) is 41.4. The van der Waals surface area contributed by atoms with Crippen molar-refractivity contribution in [2.45, 2.75) is 0 Å². The minimum absolute atomic E-state index is 1.07. The quantitative estimate of drug-likeness (QED) is 0.117. The molecule has 0 aliphatic carbocycles. The molecular weight excluding hydrogens is 903 g/mol. The van der Waals surface area contributed by atoms with Crippen LogP contribution in [-0.2, 0) is 0 Å². The fraction of sp³-hybridized carbons (Fsp3) is 0. The van der Waals surface area contributed by atoms with E-state index in [1.54, 1.807) is 0 Å². The van der Waals surface area contributed by atoms with E-state index in [0.717, 1.165) is 39.3 Å². The maximum Gasteiger partial charge on any atom is 0.0540 e. The summed E-state index contributed by atoms with van der Waals surface area (Å²) >= 11 is 0. The number of fused-ring (bicyclic) bond motifs is 3. The maximum absolute atomic E-state index is 2.42. The fourth-order valence-electron chi connectivity index (χ4n) is 11.2. The smallest absolute Gasteiger partial charge is 0.0540 e. The van der Waals surface area contributed by atoms with Gasteiger partial charge in [0.1, 0.15) is 0 Å². The van der Waals surface area contributed by atoms with E-state index in [1.807, 2.05) is 0 Å². The average Bonchev–Trinajstić information content (AvgIpc) is 3.51. The molecule has 0 saturated heterocycles. The second-order valence-corrected chi connectivity index (χ2v) is 19.1. The summed E-state index contributed by atoms with van der Waals surface area (Å²) in [5.41, 5.74) is 22.3. The van der Waals surface area contributed by atoms with Gasteiger partial charge in [0.15, 0.2) is 0 Å². The first-order chi connectivity index (χ1) is 37.2. The molecule has 0 aromatic heterocycles. The first-order valence-corrected chi connectivity index (χ1v) is 25.8. The van der Waals surface area contributed by atoms with Crippen molar-refractivity contribution in [1.82, 2.24) is 0 Å². The van der Waals surface area contributed by atoms with Crippen molar-refractivity contribution in [1.29, 1.82) is 0 Å². The molecule has 0 fully saturated rings. The van der Waals surface area contributed by atoms with Crippen molar-refractivity contribution in [3.63, 3.8) is 0 Å². The van der Waals surface area contributed by atoms with Crippen molar-refractivity contribution >= 4 is 38.6 Å². The van der Waals surface area contributed by atoms with Crippen LogP contribution in [0, 0.1) is 0 Å². The Balaban J connectivity index is 0.960. The van der Waals surface area contributed by atoms with Crippen molar-refractivity contribution in [2.24, 2.45) is 0 Å². The van der Waals surface area contributed by atoms with Gasteiger partial charge in [0.2, 0.25) is 0 Å². The third-order valence-corrected chi connectivity index (χ3v) is 14.7. The summed E-state index contributed by atoms with van der Waals surface area (Å²) in [6, 6.07) is 113. The molecule has 0 atom stereocenters. The van der Waals surface area contributed by atoms with E-state index in [0.29, 0.717) is 0 Å². The zero-order chi connectivity index (χ0) is 49.9. The highest BCUT2D eigenvalue weighted by molar-refractivity contribution is 6.22. The summed E-state index contributed by atoms with van der Waals surface area (Å²) in [6.07, 6.45) is 0. The molecule has 0 aliphatic heterocycles. The zero-order valence-corrected chi connectivity index (χ0v) is 41.4. The summed E-state index contributed by atoms with van der Waals surface area (Å²) < 4.78 is 0. The third kappa shape index (κ3) is 8.67. The Hall–Kier alpha value is -9.82. The number of nitrogens with zero attached hydrogens (tertiary/aromatic N) is 1. The lowest BCUT2D eigenvalue weighted by Crippen LogP contribution is -2.11. The van der Waals surface area contributed by atoms with Crippen LogP contribution in [-0.4, -0.2) is 0 Å². The van der Waals surface area contributed by atoms with E-state index >= 15 is 0 Å². The van der Waals surface area contributed by atoms with E-state index in [4.69, 9.17) is 0 Å². The second kappa shape index (κ2) is 20.0. The molecule has 0 bridgehead atoms. The first kappa shape index (κ1) is 45.1. The SMILES string of the molecule is c1ccc(-c2ccc(N(c3ccc(-c4ccc5c(-c6ccccc6)c(-c6ccccc6)c6ccccc6c5c4)cc3)c3ccc(-c4cccc(-c5ccccc5)c4-c4ccccc4)cc3)c(-c3ccccc3)c2)cc1. The first-order valence-electron chi connectivity index (χ1n) is 25.8.